The van der Waals surface area contributed by atoms with Gasteiger partial charge in [-0.25, -0.2) is 0 Å². The van der Waals surface area contributed by atoms with Crippen molar-refractivity contribution in [3.8, 4) is 28.4 Å². The lowest BCUT2D eigenvalue weighted by Crippen LogP contribution is -2.54. The standard InChI is InChI=1S/C34H41N3O6/c1-19-14-22(41-13-12-33(2,3)40-5)16-27-31(19)32-25-9-11-28(24(25)8-10-26(32)34(35,36)37-27)43-21-6-7-23-20(15-30(38)39-4)18-42-29(23)17-21/h6-8,10,14,16-17,20,28,37H,9,11-13,15,18,35-36H2,1-5H3/t20-,28?/m1/s1. The van der Waals surface area contributed by atoms with Gasteiger partial charge in [-0.1, -0.05) is 18.2 Å². The molecule has 0 spiro atoms. The van der Waals surface area contributed by atoms with Crippen LogP contribution in [0.15, 0.2) is 42.5 Å². The zero-order chi connectivity index (χ0) is 30.5. The number of hydrogen-bond donors (Lipinski definition) is 3. The van der Waals surface area contributed by atoms with E-state index in [1.165, 1.54) is 12.7 Å². The number of ether oxygens (including phenoxy) is 5. The Labute approximate surface area is 252 Å². The van der Waals surface area contributed by atoms with Gasteiger partial charge < -0.3 is 29.0 Å². The van der Waals surface area contributed by atoms with E-state index in [1.54, 1.807) is 7.11 Å². The number of carbonyl (C=O) groups is 1. The van der Waals surface area contributed by atoms with Crippen molar-refractivity contribution in [1.29, 1.82) is 0 Å². The summed E-state index contributed by atoms with van der Waals surface area (Å²) < 4.78 is 28.9. The SMILES string of the molecule is COC(=O)C[C@@H]1COc2cc(OC3CCc4c3ccc3c4-c4c(C)cc(OCCC(C)(C)OC)cc4NC3(N)N)ccc21. The second-order valence-electron chi connectivity index (χ2n) is 12.4. The fourth-order valence-electron chi connectivity index (χ4n) is 6.44. The number of carbonyl (C=O) groups excluding carboxylic acids is 1. The number of methoxy groups -OCH3 is 2. The van der Waals surface area contributed by atoms with E-state index in [-0.39, 0.29) is 23.6 Å². The van der Waals surface area contributed by atoms with Crippen LogP contribution in [0.25, 0.3) is 11.1 Å². The summed E-state index contributed by atoms with van der Waals surface area (Å²) >= 11 is 0. The van der Waals surface area contributed by atoms with Gasteiger partial charge in [0, 0.05) is 54.0 Å². The highest BCUT2D eigenvalue weighted by molar-refractivity contribution is 5.90. The van der Waals surface area contributed by atoms with Crippen molar-refractivity contribution in [2.75, 3.05) is 32.8 Å². The predicted octanol–water partition coefficient (Wildman–Crippen LogP) is 5.41. The van der Waals surface area contributed by atoms with Crippen molar-refractivity contribution in [3.63, 3.8) is 0 Å². The topological polar surface area (TPSA) is 127 Å². The van der Waals surface area contributed by atoms with E-state index in [0.29, 0.717) is 19.6 Å². The van der Waals surface area contributed by atoms with Crippen molar-refractivity contribution >= 4 is 11.7 Å². The zero-order valence-electron chi connectivity index (χ0n) is 25.5. The lowest BCUT2D eigenvalue weighted by molar-refractivity contribution is -0.141. The molecule has 2 heterocycles. The van der Waals surface area contributed by atoms with Gasteiger partial charge in [-0.05, 0) is 68.0 Å². The highest BCUT2D eigenvalue weighted by Gasteiger charge is 2.38. The van der Waals surface area contributed by atoms with E-state index in [0.717, 1.165) is 75.6 Å². The smallest absolute Gasteiger partial charge is 0.306 e. The summed E-state index contributed by atoms with van der Waals surface area (Å²) in [5.74, 6) is 0.757. The number of nitrogens with two attached hydrogens (primary N) is 2. The Morgan fingerprint density at radius 1 is 1.07 bits per heavy atom. The average molecular weight is 588 g/mol. The molecule has 0 amide bonds. The summed E-state index contributed by atoms with van der Waals surface area (Å²) in [6, 6.07) is 14.0. The maximum atomic E-state index is 11.8. The molecule has 0 radical (unpaired) electrons. The van der Waals surface area contributed by atoms with Crippen molar-refractivity contribution in [3.05, 3.63) is 70.3 Å². The number of hydrogen-bond acceptors (Lipinski definition) is 9. The van der Waals surface area contributed by atoms with Gasteiger partial charge in [0.2, 0.25) is 0 Å². The molecular weight excluding hydrogens is 546 g/mol. The Morgan fingerprint density at radius 3 is 2.63 bits per heavy atom. The Kier molecular flexibility index (Phi) is 7.52. The molecule has 0 saturated heterocycles. The van der Waals surface area contributed by atoms with Crippen LogP contribution in [-0.4, -0.2) is 39.0 Å². The van der Waals surface area contributed by atoms with Crippen molar-refractivity contribution in [2.24, 2.45) is 11.5 Å². The fraction of sp³-hybridized carbons (Fsp3) is 0.441. The largest absolute Gasteiger partial charge is 0.493 e. The molecule has 43 heavy (non-hydrogen) atoms. The summed E-state index contributed by atoms with van der Waals surface area (Å²) in [7, 11) is 3.12. The first-order chi connectivity index (χ1) is 20.5. The number of nitrogens with one attached hydrogen (secondary N) is 1. The molecule has 6 rings (SSSR count). The van der Waals surface area contributed by atoms with E-state index in [9.17, 15) is 4.79 Å². The van der Waals surface area contributed by atoms with Crippen LogP contribution in [0.4, 0.5) is 5.69 Å². The maximum Gasteiger partial charge on any atom is 0.306 e. The number of benzene rings is 3. The molecule has 0 fully saturated rings. The normalized spacial score (nSPS) is 19.3. The van der Waals surface area contributed by atoms with Gasteiger partial charge in [0.1, 0.15) is 23.4 Å². The lowest BCUT2D eigenvalue weighted by Gasteiger charge is -2.37. The number of fused-ring (bicyclic) bond motifs is 6. The second-order valence-corrected chi connectivity index (χ2v) is 12.4. The second kappa shape index (κ2) is 11.0. The van der Waals surface area contributed by atoms with Crippen molar-refractivity contribution in [2.45, 2.75) is 69.9 Å². The summed E-state index contributed by atoms with van der Waals surface area (Å²) in [5.41, 5.74) is 21.4. The van der Waals surface area contributed by atoms with Gasteiger partial charge >= 0.3 is 5.97 Å². The van der Waals surface area contributed by atoms with Crippen molar-refractivity contribution < 1.29 is 28.5 Å². The van der Waals surface area contributed by atoms with Crippen LogP contribution in [0.5, 0.6) is 17.2 Å². The summed E-state index contributed by atoms with van der Waals surface area (Å²) in [6.07, 6.45) is 2.60. The van der Waals surface area contributed by atoms with Crippen LogP contribution < -0.4 is 31.0 Å². The number of anilines is 1. The fourth-order valence-corrected chi connectivity index (χ4v) is 6.44. The van der Waals surface area contributed by atoms with Crippen LogP contribution in [0.2, 0.25) is 0 Å². The molecule has 2 atom stereocenters. The van der Waals surface area contributed by atoms with E-state index in [2.05, 4.69) is 24.4 Å². The minimum absolute atomic E-state index is 0.0111. The Hall–Kier alpha value is -3.79. The van der Waals surface area contributed by atoms with Gasteiger partial charge in [0.25, 0.3) is 0 Å². The zero-order valence-corrected chi connectivity index (χ0v) is 25.5. The van der Waals surface area contributed by atoms with E-state index < -0.39 is 5.79 Å². The van der Waals surface area contributed by atoms with Crippen LogP contribution in [0.3, 0.4) is 0 Å². The van der Waals surface area contributed by atoms with E-state index in [1.807, 2.05) is 44.2 Å². The van der Waals surface area contributed by atoms with E-state index in [4.69, 9.17) is 35.2 Å². The third-order valence-corrected chi connectivity index (χ3v) is 9.01. The molecule has 0 saturated carbocycles. The number of esters is 1. The van der Waals surface area contributed by atoms with E-state index >= 15 is 0 Å². The lowest BCUT2D eigenvalue weighted by atomic mass is 9.83. The molecule has 3 aromatic rings. The van der Waals surface area contributed by atoms with Crippen LogP contribution in [0, 0.1) is 6.92 Å². The molecule has 9 nitrogen and oxygen atoms in total. The van der Waals surface area contributed by atoms with Gasteiger partial charge in [0.15, 0.2) is 5.79 Å². The first-order valence-corrected chi connectivity index (χ1v) is 14.8. The minimum atomic E-state index is -1.24. The molecule has 2 aliphatic heterocycles. The molecule has 0 aromatic heterocycles. The van der Waals surface area contributed by atoms with Gasteiger partial charge in [-0.3, -0.25) is 16.3 Å². The highest BCUT2D eigenvalue weighted by atomic mass is 16.5. The predicted molar refractivity (Wildman–Crippen MR) is 164 cm³/mol. The third-order valence-electron chi connectivity index (χ3n) is 9.01. The average Bonchev–Trinajstić information content (AvgIpc) is 3.56. The monoisotopic (exact) mass is 587 g/mol. The summed E-state index contributed by atoms with van der Waals surface area (Å²) in [4.78, 5) is 11.8. The van der Waals surface area contributed by atoms with Crippen molar-refractivity contribution in [1.82, 2.24) is 0 Å². The van der Waals surface area contributed by atoms with Crippen LogP contribution in [-0.2, 0) is 26.5 Å². The molecule has 3 aliphatic rings. The van der Waals surface area contributed by atoms with Gasteiger partial charge in [0.05, 0.1) is 32.3 Å². The quantitative estimate of drug-likeness (QED) is 0.222. The Balaban J connectivity index is 1.27. The maximum absolute atomic E-state index is 11.8. The highest BCUT2D eigenvalue weighted by Crippen LogP contribution is 2.50. The molecule has 0 bridgehead atoms. The molecule has 1 unspecified atom stereocenters. The summed E-state index contributed by atoms with van der Waals surface area (Å²) in [5, 5.41) is 3.35. The Morgan fingerprint density at radius 2 is 1.86 bits per heavy atom. The first-order valence-electron chi connectivity index (χ1n) is 14.8. The third kappa shape index (κ3) is 5.53. The minimum Gasteiger partial charge on any atom is -0.493 e. The molecule has 228 valence electrons. The molecule has 9 heteroatoms. The number of aryl methyl sites for hydroxylation is 1. The number of rotatable bonds is 9. The van der Waals surface area contributed by atoms with Crippen LogP contribution in [0.1, 0.15) is 72.9 Å². The molecule has 3 aromatic carbocycles. The molecular formula is C34H41N3O6. The van der Waals surface area contributed by atoms with Crippen LogP contribution >= 0.6 is 0 Å². The Bertz CT molecular complexity index is 1570. The summed E-state index contributed by atoms with van der Waals surface area (Å²) in [6.45, 7) is 7.17. The molecule has 1 aliphatic carbocycles. The van der Waals surface area contributed by atoms with Gasteiger partial charge in [-0.15, -0.1) is 0 Å². The molecule has 5 N–H and O–H groups in total. The van der Waals surface area contributed by atoms with Gasteiger partial charge in [-0.2, -0.15) is 0 Å². The first kappa shape index (κ1) is 29.3.